The van der Waals surface area contributed by atoms with Crippen molar-refractivity contribution in [1.82, 2.24) is 9.88 Å². The molecule has 0 saturated carbocycles. The van der Waals surface area contributed by atoms with E-state index < -0.39 is 17.8 Å². The molecular formula is C19H22F3N3OS. The number of halogens is 3. The second-order valence-electron chi connectivity index (χ2n) is 6.47. The van der Waals surface area contributed by atoms with Crippen LogP contribution in [0.3, 0.4) is 0 Å². The van der Waals surface area contributed by atoms with E-state index in [-0.39, 0.29) is 0 Å². The SMILES string of the molecule is OC(CSc1ccccc1)CN1CCN(c2ccc(C(F)(F)F)cn2)CC1. The second-order valence-corrected chi connectivity index (χ2v) is 7.56. The van der Waals surface area contributed by atoms with Gasteiger partial charge < -0.3 is 10.0 Å². The van der Waals surface area contributed by atoms with E-state index in [1.165, 1.54) is 6.07 Å². The van der Waals surface area contributed by atoms with E-state index in [1.54, 1.807) is 11.8 Å². The highest BCUT2D eigenvalue weighted by molar-refractivity contribution is 7.99. The quantitative estimate of drug-likeness (QED) is 0.757. The van der Waals surface area contributed by atoms with E-state index in [4.69, 9.17) is 0 Å². The predicted octanol–water partition coefficient (Wildman–Crippen LogP) is 3.38. The van der Waals surface area contributed by atoms with Crippen LogP contribution in [0.5, 0.6) is 0 Å². The minimum absolute atomic E-state index is 0.425. The van der Waals surface area contributed by atoms with Crippen LogP contribution in [0.25, 0.3) is 0 Å². The maximum atomic E-state index is 12.6. The van der Waals surface area contributed by atoms with Crippen molar-refractivity contribution < 1.29 is 18.3 Å². The summed E-state index contributed by atoms with van der Waals surface area (Å²) in [5, 5.41) is 10.3. The van der Waals surface area contributed by atoms with Gasteiger partial charge in [-0.25, -0.2) is 4.98 Å². The van der Waals surface area contributed by atoms with E-state index in [9.17, 15) is 18.3 Å². The van der Waals surface area contributed by atoms with Crippen LogP contribution in [0.15, 0.2) is 53.6 Å². The van der Waals surface area contributed by atoms with Crippen molar-refractivity contribution in [2.45, 2.75) is 17.2 Å². The molecule has 0 amide bonds. The first kappa shape index (κ1) is 20.0. The van der Waals surface area contributed by atoms with E-state index in [0.717, 1.165) is 30.2 Å². The fraction of sp³-hybridized carbons (Fsp3) is 0.421. The van der Waals surface area contributed by atoms with Crippen molar-refractivity contribution in [1.29, 1.82) is 0 Å². The van der Waals surface area contributed by atoms with Crippen LogP contribution in [0, 0.1) is 0 Å². The third-order valence-electron chi connectivity index (χ3n) is 4.43. The molecule has 1 aromatic heterocycles. The number of hydrogen-bond acceptors (Lipinski definition) is 5. The Morgan fingerprint density at radius 1 is 1.04 bits per heavy atom. The number of rotatable bonds is 6. The Hall–Kier alpha value is -1.77. The Morgan fingerprint density at radius 3 is 2.33 bits per heavy atom. The minimum atomic E-state index is -4.36. The number of aliphatic hydroxyl groups is 1. The molecule has 1 aliphatic rings. The molecule has 2 heterocycles. The number of hydrogen-bond donors (Lipinski definition) is 1. The molecule has 1 N–H and O–H groups in total. The van der Waals surface area contributed by atoms with Gasteiger partial charge in [-0.1, -0.05) is 18.2 Å². The summed E-state index contributed by atoms with van der Waals surface area (Å²) in [7, 11) is 0. The van der Waals surface area contributed by atoms with Crippen LogP contribution in [-0.4, -0.2) is 59.6 Å². The number of pyridine rings is 1. The maximum Gasteiger partial charge on any atom is 0.417 e. The van der Waals surface area contributed by atoms with Crippen LogP contribution < -0.4 is 4.90 Å². The summed E-state index contributed by atoms with van der Waals surface area (Å²) < 4.78 is 37.9. The molecule has 0 radical (unpaired) electrons. The molecule has 2 aromatic rings. The van der Waals surface area contributed by atoms with Crippen LogP contribution in [0.2, 0.25) is 0 Å². The number of aliphatic hydroxyl groups excluding tert-OH is 1. The molecule has 1 atom stereocenters. The zero-order chi connectivity index (χ0) is 19.3. The van der Waals surface area contributed by atoms with Gasteiger partial charge in [0, 0.05) is 49.6 Å². The number of nitrogens with zero attached hydrogens (tertiary/aromatic N) is 3. The highest BCUT2D eigenvalue weighted by Crippen LogP contribution is 2.29. The lowest BCUT2D eigenvalue weighted by molar-refractivity contribution is -0.137. The highest BCUT2D eigenvalue weighted by atomic mass is 32.2. The molecule has 0 bridgehead atoms. The summed E-state index contributed by atoms with van der Waals surface area (Å²) >= 11 is 1.63. The first-order valence-electron chi connectivity index (χ1n) is 8.78. The summed E-state index contributed by atoms with van der Waals surface area (Å²) in [6.45, 7) is 3.44. The molecule has 1 aromatic carbocycles. The number of anilines is 1. The monoisotopic (exact) mass is 397 g/mol. The fourth-order valence-electron chi connectivity index (χ4n) is 2.96. The average molecular weight is 397 g/mol. The molecule has 27 heavy (non-hydrogen) atoms. The van der Waals surface area contributed by atoms with E-state index in [0.29, 0.717) is 31.2 Å². The number of thioether (sulfide) groups is 1. The summed E-state index contributed by atoms with van der Waals surface area (Å²) in [5.41, 5.74) is -0.732. The molecule has 0 spiro atoms. The molecule has 3 rings (SSSR count). The normalized spacial score (nSPS) is 17.1. The molecule has 4 nitrogen and oxygen atoms in total. The molecule has 1 aliphatic heterocycles. The van der Waals surface area contributed by atoms with Gasteiger partial charge in [-0.3, -0.25) is 4.90 Å². The van der Waals surface area contributed by atoms with Crippen LogP contribution in [-0.2, 0) is 6.18 Å². The van der Waals surface area contributed by atoms with Gasteiger partial charge in [0.25, 0.3) is 0 Å². The van der Waals surface area contributed by atoms with Crippen molar-refractivity contribution in [3.05, 3.63) is 54.2 Å². The second kappa shape index (κ2) is 8.95. The van der Waals surface area contributed by atoms with Crippen molar-refractivity contribution >= 4 is 17.6 Å². The number of β-amino-alcohol motifs (C(OH)–C–C–N with tert-alkyl or cyclic N) is 1. The lowest BCUT2D eigenvalue weighted by atomic mass is 10.2. The largest absolute Gasteiger partial charge is 0.417 e. The summed E-state index contributed by atoms with van der Waals surface area (Å²) in [5.74, 6) is 1.19. The number of piperazine rings is 1. The Labute approximate surface area is 161 Å². The van der Waals surface area contributed by atoms with E-state index >= 15 is 0 Å². The van der Waals surface area contributed by atoms with E-state index in [1.807, 2.05) is 35.2 Å². The van der Waals surface area contributed by atoms with Crippen LogP contribution in [0.4, 0.5) is 19.0 Å². The molecule has 1 saturated heterocycles. The maximum absolute atomic E-state index is 12.6. The smallest absolute Gasteiger partial charge is 0.391 e. The topological polar surface area (TPSA) is 39.6 Å². The van der Waals surface area contributed by atoms with Crippen LogP contribution >= 0.6 is 11.8 Å². The highest BCUT2D eigenvalue weighted by Gasteiger charge is 2.31. The lowest BCUT2D eigenvalue weighted by Gasteiger charge is -2.36. The third kappa shape index (κ3) is 5.85. The third-order valence-corrected chi connectivity index (χ3v) is 5.58. The molecule has 0 aliphatic carbocycles. The molecular weight excluding hydrogens is 375 g/mol. The van der Waals surface area contributed by atoms with E-state index in [2.05, 4.69) is 9.88 Å². The van der Waals surface area contributed by atoms with Gasteiger partial charge in [0.1, 0.15) is 5.82 Å². The molecule has 1 unspecified atom stereocenters. The first-order chi connectivity index (χ1) is 12.9. The Balaban J connectivity index is 1.43. The summed E-state index contributed by atoms with van der Waals surface area (Å²) in [6, 6.07) is 12.4. The predicted molar refractivity (Wildman–Crippen MR) is 101 cm³/mol. The minimum Gasteiger partial charge on any atom is -0.391 e. The Morgan fingerprint density at radius 2 is 1.74 bits per heavy atom. The van der Waals surface area contributed by atoms with Crippen LogP contribution in [0.1, 0.15) is 5.56 Å². The molecule has 1 fully saturated rings. The van der Waals surface area contributed by atoms with Gasteiger partial charge in [0.2, 0.25) is 0 Å². The lowest BCUT2D eigenvalue weighted by Crippen LogP contribution is -2.49. The number of aromatic nitrogens is 1. The van der Waals surface area contributed by atoms with Gasteiger partial charge in [-0.05, 0) is 24.3 Å². The Kier molecular flexibility index (Phi) is 6.62. The van der Waals surface area contributed by atoms with Crippen molar-refractivity contribution in [3.63, 3.8) is 0 Å². The van der Waals surface area contributed by atoms with Crippen molar-refractivity contribution in [3.8, 4) is 0 Å². The number of benzene rings is 1. The summed E-state index contributed by atoms with van der Waals surface area (Å²) in [6.07, 6.45) is -3.91. The van der Waals surface area contributed by atoms with Gasteiger partial charge >= 0.3 is 6.18 Å². The van der Waals surface area contributed by atoms with Gasteiger partial charge in [0.05, 0.1) is 11.7 Å². The Bertz CT molecular complexity index is 704. The zero-order valence-electron chi connectivity index (χ0n) is 14.8. The summed E-state index contributed by atoms with van der Waals surface area (Å²) in [4.78, 5) is 9.24. The van der Waals surface area contributed by atoms with Gasteiger partial charge in [-0.2, -0.15) is 13.2 Å². The van der Waals surface area contributed by atoms with Crippen molar-refractivity contribution in [2.24, 2.45) is 0 Å². The molecule has 146 valence electrons. The fourth-order valence-corrected chi connectivity index (χ4v) is 3.80. The zero-order valence-corrected chi connectivity index (χ0v) is 15.6. The van der Waals surface area contributed by atoms with Crippen molar-refractivity contribution in [2.75, 3.05) is 43.4 Å². The standard InChI is InChI=1S/C19H22F3N3OS/c20-19(21,22)15-6-7-18(23-12-15)25-10-8-24(9-11-25)13-16(26)14-27-17-4-2-1-3-5-17/h1-7,12,16,26H,8-11,13-14H2. The van der Waals surface area contributed by atoms with Gasteiger partial charge in [0.15, 0.2) is 0 Å². The first-order valence-corrected chi connectivity index (χ1v) is 9.77. The average Bonchev–Trinajstić information content (AvgIpc) is 2.67. The van der Waals surface area contributed by atoms with Gasteiger partial charge in [-0.15, -0.1) is 11.8 Å². The number of alkyl halides is 3. The molecule has 8 heteroatoms.